The van der Waals surface area contributed by atoms with Crippen molar-refractivity contribution in [2.75, 3.05) is 31.4 Å². The van der Waals surface area contributed by atoms with Gasteiger partial charge in [0.05, 0.1) is 18.5 Å². The highest BCUT2D eigenvalue weighted by Gasteiger charge is 2.24. The predicted molar refractivity (Wildman–Crippen MR) is 64.9 cm³/mol. The van der Waals surface area contributed by atoms with E-state index in [0.29, 0.717) is 6.54 Å². The highest BCUT2D eigenvalue weighted by molar-refractivity contribution is 7.85. The maximum Gasteiger partial charge on any atom is 0.264 e. The summed E-state index contributed by atoms with van der Waals surface area (Å²) in [7, 11) is -1.48. The molecule has 0 saturated heterocycles. The van der Waals surface area contributed by atoms with Gasteiger partial charge in [-0.15, -0.1) is 0 Å². The quantitative estimate of drug-likeness (QED) is 0.752. The molecule has 6 heteroatoms. The van der Waals surface area contributed by atoms with Gasteiger partial charge in [-0.1, -0.05) is 12.1 Å². The van der Waals surface area contributed by atoms with Gasteiger partial charge >= 0.3 is 0 Å². The monoisotopic (exact) mass is 257 g/mol. The van der Waals surface area contributed by atoms with Crippen molar-refractivity contribution < 1.29 is 17.3 Å². The van der Waals surface area contributed by atoms with Crippen molar-refractivity contribution in [2.45, 2.75) is 6.10 Å². The Morgan fingerprint density at radius 3 is 2.88 bits per heavy atom. The molecule has 1 aliphatic heterocycles. The summed E-state index contributed by atoms with van der Waals surface area (Å²) in [6.45, 7) is 0.643. The van der Waals surface area contributed by atoms with Gasteiger partial charge < -0.3 is 9.64 Å². The molecule has 1 aromatic rings. The largest absolute Gasteiger partial charge is 0.484 e. The van der Waals surface area contributed by atoms with Crippen molar-refractivity contribution in [3.8, 4) is 5.75 Å². The van der Waals surface area contributed by atoms with Crippen LogP contribution in [0.1, 0.15) is 0 Å². The average Bonchev–Trinajstić information content (AvgIpc) is 2.26. The van der Waals surface area contributed by atoms with Gasteiger partial charge in [-0.2, -0.15) is 8.42 Å². The fraction of sp³-hybridized carbons (Fsp3) is 0.455. The Labute approximate surface area is 101 Å². The van der Waals surface area contributed by atoms with Crippen molar-refractivity contribution in [3.05, 3.63) is 24.3 Å². The second-order valence-electron chi connectivity index (χ2n) is 4.08. The Kier molecular flexibility index (Phi) is 3.26. The first kappa shape index (κ1) is 12.2. The third kappa shape index (κ3) is 3.10. The summed E-state index contributed by atoms with van der Waals surface area (Å²) in [5.41, 5.74) is 1.00. The number of nitrogens with zero attached hydrogens (tertiary/aromatic N) is 1. The van der Waals surface area contributed by atoms with Gasteiger partial charge in [0.25, 0.3) is 10.1 Å². The molecule has 1 atom stereocenters. The van der Waals surface area contributed by atoms with Gasteiger partial charge in [0.15, 0.2) is 0 Å². The topological polar surface area (TPSA) is 55.8 Å². The third-order valence-electron chi connectivity index (χ3n) is 2.52. The van der Waals surface area contributed by atoms with Crippen LogP contribution in [0.25, 0.3) is 0 Å². The van der Waals surface area contributed by atoms with Crippen molar-refractivity contribution in [2.24, 2.45) is 0 Å². The zero-order valence-corrected chi connectivity index (χ0v) is 10.6. The van der Waals surface area contributed by atoms with Crippen LogP contribution in [0.4, 0.5) is 5.69 Å². The lowest BCUT2D eigenvalue weighted by Crippen LogP contribution is -2.40. The summed E-state index contributed by atoms with van der Waals surface area (Å²) >= 11 is 0. The Morgan fingerprint density at radius 2 is 2.18 bits per heavy atom. The molecule has 0 N–H and O–H groups in total. The molecule has 1 aromatic carbocycles. The number of para-hydroxylation sites is 2. The summed E-state index contributed by atoms with van der Waals surface area (Å²) in [6.07, 6.45) is 0.762. The normalized spacial score (nSPS) is 19.6. The first-order valence-electron chi connectivity index (χ1n) is 5.27. The number of hydrogen-bond acceptors (Lipinski definition) is 5. The minimum Gasteiger partial charge on any atom is -0.484 e. The van der Waals surface area contributed by atoms with Crippen LogP contribution in [0.5, 0.6) is 5.75 Å². The molecular formula is C11H15NO4S. The summed E-state index contributed by atoms with van der Waals surface area (Å²) in [6, 6.07) is 7.64. The molecule has 5 nitrogen and oxygen atoms in total. The molecule has 0 radical (unpaired) electrons. The van der Waals surface area contributed by atoms with Gasteiger partial charge in [0.1, 0.15) is 18.5 Å². The molecule has 94 valence electrons. The van der Waals surface area contributed by atoms with E-state index in [1.165, 1.54) is 0 Å². The Balaban J connectivity index is 2.07. The van der Waals surface area contributed by atoms with E-state index in [1.807, 2.05) is 36.2 Å². The standard InChI is InChI=1S/C11H15NO4S/c1-12-7-9(8-15-17(2,13)14)16-11-6-4-3-5-10(11)12/h3-6,9H,7-8H2,1-2H3/t9-/m0/s1. The number of rotatable bonds is 3. The van der Waals surface area contributed by atoms with Crippen LogP contribution >= 0.6 is 0 Å². The van der Waals surface area contributed by atoms with E-state index < -0.39 is 10.1 Å². The van der Waals surface area contributed by atoms with E-state index in [-0.39, 0.29) is 12.7 Å². The van der Waals surface area contributed by atoms with Crippen LogP contribution < -0.4 is 9.64 Å². The smallest absolute Gasteiger partial charge is 0.264 e. The van der Waals surface area contributed by atoms with Gasteiger partial charge in [-0.3, -0.25) is 4.18 Å². The molecule has 0 amide bonds. The van der Waals surface area contributed by atoms with Gasteiger partial charge in [-0.25, -0.2) is 0 Å². The number of fused-ring (bicyclic) bond motifs is 1. The minimum atomic E-state index is -3.42. The van der Waals surface area contributed by atoms with E-state index in [4.69, 9.17) is 8.92 Å². The molecule has 17 heavy (non-hydrogen) atoms. The molecule has 1 heterocycles. The second-order valence-corrected chi connectivity index (χ2v) is 5.72. The molecule has 0 unspecified atom stereocenters. The highest BCUT2D eigenvalue weighted by Crippen LogP contribution is 2.31. The van der Waals surface area contributed by atoms with Crippen LogP contribution in [0.15, 0.2) is 24.3 Å². The summed E-state index contributed by atoms with van der Waals surface area (Å²) in [5.74, 6) is 0.753. The van der Waals surface area contributed by atoms with Crippen LogP contribution in [-0.4, -0.2) is 41.0 Å². The maximum atomic E-state index is 10.9. The maximum absolute atomic E-state index is 10.9. The van der Waals surface area contributed by atoms with E-state index >= 15 is 0 Å². The average molecular weight is 257 g/mol. The molecule has 0 aromatic heterocycles. The van der Waals surface area contributed by atoms with Crippen molar-refractivity contribution >= 4 is 15.8 Å². The van der Waals surface area contributed by atoms with Crippen LogP contribution in [0.3, 0.4) is 0 Å². The SMILES string of the molecule is CN1C[C@@H](COS(C)(=O)=O)Oc2ccccc21. The fourth-order valence-corrected chi connectivity index (χ4v) is 2.18. The van der Waals surface area contributed by atoms with E-state index in [9.17, 15) is 8.42 Å². The number of benzene rings is 1. The van der Waals surface area contributed by atoms with Crippen LogP contribution in [-0.2, 0) is 14.3 Å². The number of anilines is 1. The highest BCUT2D eigenvalue weighted by atomic mass is 32.2. The number of hydrogen-bond donors (Lipinski definition) is 0. The lowest BCUT2D eigenvalue weighted by Gasteiger charge is -2.33. The van der Waals surface area contributed by atoms with Crippen molar-refractivity contribution in [1.29, 1.82) is 0 Å². The summed E-state index contributed by atoms with van der Waals surface area (Å²) < 4.78 is 32.2. The molecule has 0 spiro atoms. The van der Waals surface area contributed by atoms with E-state index in [2.05, 4.69) is 0 Å². The minimum absolute atomic E-state index is 0.0392. The third-order valence-corrected chi connectivity index (χ3v) is 3.08. The number of ether oxygens (including phenoxy) is 1. The predicted octanol–water partition coefficient (Wildman–Crippen LogP) is 0.860. The lowest BCUT2D eigenvalue weighted by molar-refractivity contribution is 0.130. The molecule has 2 rings (SSSR count). The lowest BCUT2D eigenvalue weighted by atomic mass is 10.2. The first-order chi connectivity index (χ1) is 7.96. The fourth-order valence-electron chi connectivity index (χ4n) is 1.78. The zero-order valence-electron chi connectivity index (χ0n) is 9.79. The van der Waals surface area contributed by atoms with Crippen molar-refractivity contribution in [3.63, 3.8) is 0 Å². The van der Waals surface area contributed by atoms with E-state index in [0.717, 1.165) is 17.7 Å². The first-order valence-corrected chi connectivity index (χ1v) is 7.08. The van der Waals surface area contributed by atoms with Crippen LogP contribution in [0.2, 0.25) is 0 Å². The molecular weight excluding hydrogens is 242 g/mol. The summed E-state index contributed by atoms with van der Waals surface area (Å²) in [5, 5.41) is 0. The van der Waals surface area contributed by atoms with Gasteiger partial charge in [-0.05, 0) is 12.1 Å². The Morgan fingerprint density at radius 1 is 1.47 bits per heavy atom. The molecule has 0 fully saturated rings. The molecule has 0 bridgehead atoms. The molecule has 0 saturated carbocycles. The van der Waals surface area contributed by atoms with Crippen LogP contribution in [0, 0.1) is 0 Å². The zero-order chi connectivity index (χ0) is 12.5. The van der Waals surface area contributed by atoms with E-state index in [1.54, 1.807) is 0 Å². The van der Waals surface area contributed by atoms with Gasteiger partial charge in [0.2, 0.25) is 0 Å². The Bertz CT molecular complexity index is 500. The van der Waals surface area contributed by atoms with Gasteiger partial charge in [0, 0.05) is 7.05 Å². The second kappa shape index (κ2) is 4.54. The molecule has 0 aliphatic carbocycles. The number of likely N-dealkylation sites (N-methyl/N-ethyl adjacent to an activating group) is 1. The summed E-state index contributed by atoms with van der Waals surface area (Å²) in [4.78, 5) is 2.02. The molecule has 1 aliphatic rings. The van der Waals surface area contributed by atoms with Crippen molar-refractivity contribution in [1.82, 2.24) is 0 Å². The Hall–Kier alpha value is -1.27.